The fourth-order valence-corrected chi connectivity index (χ4v) is 5.41. The van der Waals surface area contributed by atoms with Crippen molar-refractivity contribution in [1.29, 1.82) is 0 Å². The van der Waals surface area contributed by atoms with Crippen LogP contribution in [0.3, 0.4) is 0 Å². The van der Waals surface area contributed by atoms with Gasteiger partial charge >= 0.3 is 0 Å². The van der Waals surface area contributed by atoms with E-state index in [9.17, 15) is 9.59 Å². The molecule has 1 aliphatic heterocycles. The maximum absolute atomic E-state index is 12.9. The minimum absolute atomic E-state index is 0.0797. The lowest BCUT2D eigenvalue weighted by Gasteiger charge is -2.17. The fraction of sp³-hybridized carbons (Fsp3) is 0.375. The van der Waals surface area contributed by atoms with Crippen molar-refractivity contribution in [1.82, 2.24) is 15.2 Å². The average molecular weight is 437 g/mol. The van der Waals surface area contributed by atoms with Gasteiger partial charge in [0.1, 0.15) is 4.83 Å². The summed E-state index contributed by atoms with van der Waals surface area (Å²) in [6.45, 7) is 1.39. The number of nitrogens with one attached hydrogen (secondary N) is 1. The van der Waals surface area contributed by atoms with E-state index in [0.717, 1.165) is 45.7 Å². The Morgan fingerprint density at radius 3 is 2.71 bits per heavy atom. The number of thiophene rings is 1. The number of likely N-dealkylation sites (tertiary alicyclic amines) is 1. The topological polar surface area (TPSA) is 65.5 Å². The highest BCUT2D eigenvalue weighted by atomic mass is 32.1. The zero-order valence-corrected chi connectivity index (χ0v) is 19.0. The minimum Gasteiger partial charge on any atom is -0.378 e. The summed E-state index contributed by atoms with van der Waals surface area (Å²) < 4.78 is 0. The molecule has 1 fully saturated rings. The minimum atomic E-state index is -0.0797. The van der Waals surface area contributed by atoms with Gasteiger partial charge in [-0.3, -0.25) is 9.59 Å². The highest BCUT2D eigenvalue weighted by molar-refractivity contribution is 7.20. The third kappa shape index (κ3) is 4.42. The molecule has 1 unspecified atom stereocenters. The van der Waals surface area contributed by atoms with E-state index in [2.05, 4.69) is 39.5 Å². The van der Waals surface area contributed by atoms with Crippen molar-refractivity contribution in [3.05, 3.63) is 58.6 Å². The van der Waals surface area contributed by atoms with E-state index in [4.69, 9.17) is 0 Å². The molecule has 6 nitrogen and oxygen atoms in total. The number of hydrogen-bond donors (Lipinski definition) is 1. The summed E-state index contributed by atoms with van der Waals surface area (Å²) in [7, 11) is 5.69. The summed E-state index contributed by atoms with van der Waals surface area (Å²) in [5.41, 5.74) is 3.37. The SMILES string of the molecule is CNC(=O)c1sc2ncccc2c1C1CCN(C(=O)CCc2ccc(N(C)C)cc2)C1. The van der Waals surface area contributed by atoms with Gasteiger partial charge in [0.25, 0.3) is 5.91 Å². The number of aryl methyl sites for hydroxylation is 1. The summed E-state index contributed by atoms with van der Waals surface area (Å²) in [5.74, 6) is 0.260. The zero-order chi connectivity index (χ0) is 22.0. The van der Waals surface area contributed by atoms with Gasteiger partial charge in [0.15, 0.2) is 0 Å². The van der Waals surface area contributed by atoms with E-state index >= 15 is 0 Å². The van der Waals surface area contributed by atoms with Crippen LogP contribution >= 0.6 is 11.3 Å². The second-order valence-corrected chi connectivity index (χ2v) is 9.17. The van der Waals surface area contributed by atoms with Crippen molar-refractivity contribution in [3.8, 4) is 0 Å². The van der Waals surface area contributed by atoms with Crippen LogP contribution in [0, 0.1) is 0 Å². The van der Waals surface area contributed by atoms with Crippen LogP contribution in [0.25, 0.3) is 10.2 Å². The van der Waals surface area contributed by atoms with Gasteiger partial charge in [-0.2, -0.15) is 0 Å². The molecule has 0 radical (unpaired) electrons. The van der Waals surface area contributed by atoms with Crippen LogP contribution in [0.1, 0.15) is 39.6 Å². The Kier molecular flexibility index (Phi) is 6.23. The number of pyridine rings is 1. The Balaban J connectivity index is 1.44. The summed E-state index contributed by atoms with van der Waals surface area (Å²) in [6.07, 6.45) is 3.87. The van der Waals surface area contributed by atoms with Gasteiger partial charge in [0.2, 0.25) is 5.91 Å². The standard InChI is InChI=1S/C24H28N4O2S/c1-25-23(30)22-21(19-5-4-13-26-24(19)31-22)17-12-14-28(15-17)20(29)11-8-16-6-9-18(10-7-16)27(2)3/h4-7,9-10,13,17H,8,11-12,14-15H2,1-3H3,(H,25,30). The number of aromatic nitrogens is 1. The maximum atomic E-state index is 12.9. The van der Waals surface area contributed by atoms with Gasteiger partial charge < -0.3 is 15.1 Å². The lowest BCUT2D eigenvalue weighted by Crippen LogP contribution is -2.28. The van der Waals surface area contributed by atoms with Crippen molar-refractivity contribution in [2.45, 2.75) is 25.2 Å². The van der Waals surface area contributed by atoms with E-state index in [-0.39, 0.29) is 17.7 Å². The Hall–Kier alpha value is -2.93. The molecule has 4 rings (SSSR count). The first kappa shape index (κ1) is 21.3. The van der Waals surface area contributed by atoms with Crippen molar-refractivity contribution in [3.63, 3.8) is 0 Å². The van der Waals surface area contributed by atoms with Crippen LogP contribution in [-0.2, 0) is 11.2 Å². The number of hydrogen-bond acceptors (Lipinski definition) is 5. The van der Waals surface area contributed by atoms with Gasteiger partial charge in [-0.1, -0.05) is 18.2 Å². The monoisotopic (exact) mass is 436 g/mol. The lowest BCUT2D eigenvalue weighted by molar-refractivity contribution is -0.130. The molecule has 162 valence electrons. The molecule has 7 heteroatoms. The first-order valence-corrected chi connectivity index (χ1v) is 11.4. The normalized spacial score (nSPS) is 16.0. The quantitative estimate of drug-likeness (QED) is 0.640. The van der Waals surface area contributed by atoms with Crippen molar-refractivity contribution >= 4 is 39.1 Å². The molecular formula is C24H28N4O2S. The van der Waals surface area contributed by atoms with E-state index in [0.29, 0.717) is 13.0 Å². The first-order valence-electron chi connectivity index (χ1n) is 10.6. The van der Waals surface area contributed by atoms with Gasteiger partial charge in [-0.05, 0) is 42.2 Å². The molecular weight excluding hydrogens is 408 g/mol. The van der Waals surface area contributed by atoms with Gasteiger partial charge in [0.05, 0.1) is 4.88 Å². The van der Waals surface area contributed by atoms with Gasteiger partial charge in [-0.25, -0.2) is 4.98 Å². The number of anilines is 1. The number of carbonyl (C=O) groups excluding carboxylic acids is 2. The zero-order valence-electron chi connectivity index (χ0n) is 18.2. The fourth-order valence-electron chi connectivity index (χ4n) is 4.23. The van der Waals surface area contributed by atoms with Crippen LogP contribution in [0.2, 0.25) is 0 Å². The third-order valence-electron chi connectivity index (χ3n) is 5.97. The molecule has 2 amide bonds. The molecule has 1 atom stereocenters. The number of fused-ring (bicyclic) bond motifs is 1. The summed E-state index contributed by atoms with van der Waals surface area (Å²) in [5, 5.41) is 3.78. The Morgan fingerprint density at radius 2 is 2.00 bits per heavy atom. The Bertz CT molecular complexity index is 1090. The van der Waals surface area contributed by atoms with Crippen molar-refractivity contribution in [2.75, 3.05) is 39.1 Å². The van der Waals surface area contributed by atoms with E-state index in [1.807, 2.05) is 31.1 Å². The molecule has 0 saturated carbocycles. The average Bonchev–Trinajstić information content (AvgIpc) is 3.42. The maximum Gasteiger partial charge on any atom is 0.261 e. The number of carbonyl (C=O) groups is 2. The van der Waals surface area contributed by atoms with Crippen LogP contribution < -0.4 is 10.2 Å². The molecule has 0 bridgehead atoms. The van der Waals surface area contributed by atoms with E-state index in [1.165, 1.54) is 16.9 Å². The molecule has 1 saturated heterocycles. The van der Waals surface area contributed by atoms with E-state index < -0.39 is 0 Å². The molecule has 3 heterocycles. The molecule has 1 N–H and O–H groups in total. The molecule has 3 aromatic rings. The van der Waals surface area contributed by atoms with E-state index in [1.54, 1.807) is 13.2 Å². The summed E-state index contributed by atoms with van der Waals surface area (Å²) in [6, 6.07) is 12.3. The second-order valence-electron chi connectivity index (χ2n) is 8.17. The van der Waals surface area contributed by atoms with Crippen LogP contribution in [-0.4, -0.2) is 55.9 Å². The molecule has 2 aromatic heterocycles. The molecule has 0 spiro atoms. The number of amides is 2. The van der Waals surface area contributed by atoms with Gasteiger partial charge in [-0.15, -0.1) is 11.3 Å². The highest BCUT2D eigenvalue weighted by Crippen LogP contribution is 2.39. The number of rotatable bonds is 6. The molecule has 1 aromatic carbocycles. The predicted octanol–water partition coefficient (Wildman–Crippen LogP) is 3.67. The summed E-state index contributed by atoms with van der Waals surface area (Å²) >= 11 is 1.43. The molecule has 31 heavy (non-hydrogen) atoms. The van der Waals surface area contributed by atoms with Crippen LogP contribution in [0.15, 0.2) is 42.6 Å². The highest BCUT2D eigenvalue weighted by Gasteiger charge is 2.32. The largest absolute Gasteiger partial charge is 0.378 e. The Labute approximate surface area is 186 Å². The third-order valence-corrected chi connectivity index (χ3v) is 7.10. The van der Waals surface area contributed by atoms with Crippen molar-refractivity contribution in [2.24, 2.45) is 0 Å². The second kappa shape index (κ2) is 9.06. The van der Waals surface area contributed by atoms with Crippen molar-refractivity contribution < 1.29 is 9.59 Å². The van der Waals surface area contributed by atoms with Crippen LogP contribution in [0.4, 0.5) is 5.69 Å². The molecule has 0 aliphatic carbocycles. The van der Waals surface area contributed by atoms with Gasteiger partial charge in [0, 0.05) is 63.8 Å². The molecule has 1 aliphatic rings. The number of benzene rings is 1. The predicted molar refractivity (Wildman–Crippen MR) is 126 cm³/mol. The Morgan fingerprint density at radius 1 is 1.23 bits per heavy atom. The summed E-state index contributed by atoms with van der Waals surface area (Å²) in [4.78, 5) is 35.4. The van der Waals surface area contributed by atoms with Crippen LogP contribution in [0.5, 0.6) is 0 Å². The smallest absolute Gasteiger partial charge is 0.261 e. The first-order chi connectivity index (χ1) is 15.0. The number of nitrogens with zero attached hydrogens (tertiary/aromatic N) is 3. The lowest BCUT2D eigenvalue weighted by atomic mass is 9.95.